The molecule has 0 radical (unpaired) electrons. The number of carbonyl (C=O) groups is 1. The summed E-state index contributed by atoms with van der Waals surface area (Å²) in [6.07, 6.45) is 2.52. The van der Waals surface area contributed by atoms with Gasteiger partial charge in [-0.05, 0) is 48.9 Å². The Labute approximate surface area is 192 Å². The van der Waals surface area contributed by atoms with Gasteiger partial charge in [0.05, 0.1) is 6.04 Å². The summed E-state index contributed by atoms with van der Waals surface area (Å²) in [4.78, 5) is 17.4. The quantitative estimate of drug-likeness (QED) is 0.494. The second kappa shape index (κ2) is 10.6. The Morgan fingerprint density at radius 2 is 1.50 bits per heavy atom. The normalized spacial score (nSPS) is 15.5. The summed E-state index contributed by atoms with van der Waals surface area (Å²) in [5.41, 5.74) is 6.62. The van der Waals surface area contributed by atoms with Gasteiger partial charge in [-0.3, -0.25) is 9.69 Å². The van der Waals surface area contributed by atoms with E-state index in [2.05, 4.69) is 96.4 Å². The van der Waals surface area contributed by atoms with Gasteiger partial charge >= 0.3 is 0 Å². The van der Waals surface area contributed by atoms with Crippen LogP contribution in [0, 0.1) is 13.8 Å². The highest BCUT2D eigenvalue weighted by Gasteiger charge is 2.28. The van der Waals surface area contributed by atoms with Crippen LogP contribution in [-0.2, 0) is 11.2 Å². The first-order valence-corrected chi connectivity index (χ1v) is 11.8. The molecule has 0 spiro atoms. The average Bonchev–Trinajstić information content (AvgIpc) is 2.83. The van der Waals surface area contributed by atoms with E-state index in [0.717, 1.165) is 39.0 Å². The molecule has 3 aromatic rings. The number of nitrogens with zero attached hydrogens (tertiary/aromatic N) is 2. The smallest absolute Gasteiger partial charge is 0.222 e. The molecule has 1 amide bonds. The fourth-order valence-corrected chi connectivity index (χ4v) is 4.75. The van der Waals surface area contributed by atoms with Crippen LogP contribution in [0.3, 0.4) is 0 Å². The second-order valence-electron chi connectivity index (χ2n) is 8.93. The summed E-state index contributed by atoms with van der Waals surface area (Å²) in [6, 6.07) is 28.2. The summed E-state index contributed by atoms with van der Waals surface area (Å²) < 4.78 is 0. The maximum Gasteiger partial charge on any atom is 0.222 e. The van der Waals surface area contributed by atoms with Crippen LogP contribution in [0.4, 0.5) is 0 Å². The second-order valence-corrected chi connectivity index (χ2v) is 8.93. The molecule has 1 aliphatic heterocycles. The molecule has 0 bridgehead atoms. The Morgan fingerprint density at radius 1 is 0.844 bits per heavy atom. The Bertz CT molecular complexity index is 1010. The van der Waals surface area contributed by atoms with Gasteiger partial charge in [0.25, 0.3) is 0 Å². The summed E-state index contributed by atoms with van der Waals surface area (Å²) in [5.74, 6) is 0.295. The van der Waals surface area contributed by atoms with E-state index in [-0.39, 0.29) is 6.04 Å². The van der Waals surface area contributed by atoms with Gasteiger partial charge in [0, 0.05) is 32.6 Å². The van der Waals surface area contributed by atoms with E-state index in [1.54, 1.807) is 0 Å². The summed E-state index contributed by atoms with van der Waals surface area (Å²) in [7, 11) is 0. The van der Waals surface area contributed by atoms with Gasteiger partial charge in [-0.25, -0.2) is 0 Å². The highest BCUT2D eigenvalue weighted by atomic mass is 16.2. The van der Waals surface area contributed by atoms with E-state index in [4.69, 9.17) is 0 Å². The highest BCUT2D eigenvalue weighted by Crippen LogP contribution is 2.32. The summed E-state index contributed by atoms with van der Waals surface area (Å²) >= 11 is 0. The van der Waals surface area contributed by atoms with Crippen LogP contribution in [0.2, 0.25) is 0 Å². The number of carbonyl (C=O) groups excluding carboxylic acids is 1. The number of hydrogen-bond donors (Lipinski definition) is 0. The molecular formula is C29H34N2O. The zero-order chi connectivity index (χ0) is 22.3. The molecule has 0 aliphatic carbocycles. The van der Waals surface area contributed by atoms with Crippen molar-refractivity contribution < 1.29 is 4.79 Å². The average molecular weight is 427 g/mol. The molecule has 166 valence electrons. The zero-order valence-corrected chi connectivity index (χ0v) is 19.3. The predicted octanol–water partition coefficient (Wildman–Crippen LogP) is 5.56. The Kier molecular flexibility index (Phi) is 7.39. The third-order valence-electron chi connectivity index (χ3n) is 6.58. The largest absolute Gasteiger partial charge is 0.340 e. The third-order valence-corrected chi connectivity index (χ3v) is 6.58. The number of amides is 1. The molecule has 3 heteroatoms. The van der Waals surface area contributed by atoms with Gasteiger partial charge in [-0.1, -0.05) is 84.4 Å². The van der Waals surface area contributed by atoms with Crippen molar-refractivity contribution in [3.05, 3.63) is 107 Å². The molecule has 0 unspecified atom stereocenters. The first-order chi connectivity index (χ1) is 15.6. The summed E-state index contributed by atoms with van der Waals surface area (Å²) in [5, 5.41) is 0. The molecule has 3 aromatic carbocycles. The molecular weight excluding hydrogens is 392 g/mol. The molecule has 0 N–H and O–H groups in total. The molecule has 0 aromatic heterocycles. The zero-order valence-electron chi connectivity index (χ0n) is 19.3. The molecule has 1 aliphatic rings. The SMILES string of the molecule is Cc1ccc(C)c([C@@H](c2ccccc2)N2CCN(C(=O)CCCc3ccccc3)CC2)c1. The third kappa shape index (κ3) is 5.46. The first-order valence-electron chi connectivity index (χ1n) is 11.8. The lowest BCUT2D eigenvalue weighted by molar-refractivity contribution is -0.133. The number of hydrogen-bond acceptors (Lipinski definition) is 2. The maximum atomic E-state index is 12.8. The predicted molar refractivity (Wildman–Crippen MR) is 132 cm³/mol. The van der Waals surface area contributed by atoms with Crippen LogP contribution in [0.1, 0.15) is 46.7 Å². The van der Waals surface area contributed by atoms with E-state index in [1.165, 1.54) is 27.8 Å². The highest BCUT2D eigenvalue weighted by molar-refractivity contribution is 5.76. The molecule has 1 atom stereocenters. The van der Waals surface area contributed by atoms with Gasteiger partial charge in [0.1, 0.15) is 0 Å². The molecule has 1 fully saturated rings. The Hall–Kier alpha value is -2.91. The van der Waals surface area contributed by atoms with Crippen molar-refractivity contribution in [2.45, 2.75) is 39.2 Å². The standard InChI is InChI=1S/C29H34N2O/c1-23-16-17-24(2)27(22-23)29(26-13-7-4-8-14-26)31-20-18-30(19-21-31)28(32)15-9-12-25-10-5-3-6-11-25/h3-8,10-11,13-14,16-17,22,29H,9,12,15,18-21H2,1-2H3/t29-/m1/s1. The van der Waals surface area contributed by atoms with Crippen molar-refractivity contribution in [2.75, 3.05) is 26.2 Å². The lowest BCUT2D eigenvalue weighted by Crippen LogP contribution is -2.50. The first kappa shape index (κ1) is 22.3. The Balaban J connectivity index is 1.40. The number of aryl methyl sites for hydroxylation is 3. The lowest BCUT2D eigenvalue weighted by atomic mass is 9.92. The number of piperazine rings is 1. The van der Waals surface area contributed by atoms with Crippen molar-refractivity contribution in [3.8, 4) is 0 Å². The summed E-state index contributed by atoms with van der Waals surface area (Å²) in [6.45, 7) is 7.78. The van der Waals surface area contributed by atoms with Crippen LogP contribution in [-0.4, -0.2) is 41.9 Å². The van der Waals surface area contributed by atoms with Crippen LogP contribution in [0.25, 0.3) is 0 Å². The van der Waals surface area contributed by atoms with E-state index in [0.29, 0.717) is 12.3 Å². The topological polar surface area (TPSA) is 23.6 Å². The minimum atomic E-state index is 0.228. The van der Waals surface area contributed by atoms with Gasteiger partial charge in [0.2, 0.25) is 5.91 Å². The number of rotatable bonds is 7. The lowest BCUT2D eigenvalue weighted by Gasteiger charge is -2.40. The van der Waals surface area contributed by atoms with Gasteiger partial charge in [-0.2, -0.15) is 0 Å². The van der Waals surface area contributed by atoms with Crippen molar-refractivity contribution in [1.82, 2.24) is 9.80 Å². The fraction of sp³-hybridized carbons (Fsp3) is 0.345. The van der Waals surface area contributed by atoms with Crippen molar-refractivity contribution >= 4 is 5.91 Å². The number of benzene rings is 3. The van der Waals surface area contributed by atoms with Crippen molar-refractivity contribution in [3.63, 3.8) is 0 Å². The van der Waals surface area contributed by atoms with Gasteiger partial charge < -0.3 is 4.90 Å². The Morgan fingerprint density at radius 3 is 2.19 bits per heavy atom. The van der Waals surface area contributed by atoms with E-state index >= 15 is 0 Å². The van der Waals surface area contributed by atoms with Crippen molar-refractivity contribution in [1.29, 1.82) is 0 Å². The van der Waals surface area contributed by atoms with Crippen LogP contribution >= 0.6 is 0 Å². The van der Waals surface area contributed by atoms with Crippen molar-refractivity contribution in [2.24, 2.45) is 0 Å². The fourth-order valence-electron chi connectivity index (χ4n) is 4.75. The molecule has 4 rings (SSSR count). The van der Waals surface area contributed by atoms with E-state index in [9.17, 15) is 4.79 Å². The minimum absolute atomic E-state index is 0.228. The van der Waals surface area contributed by atoms with Crippen LogP contribution in [0.15, 0.2) is 78.9 Å². The van der Waals surface area contributed by atoms with E-state index in [1.807, 2.05) is 6.07 Å². The molecule has 32 heavy (non-hydrogen) atoms. The molecule has 1 heterocycles. The maximum absolute atomic E-state index is 12.8. The van der Waals surface area contributed by atoms with Crippen LogP contribution in [0.5, 0.6) is 0 Å². The van der Waals surface area contributed by atoms with Gasteiger partial charge in [-0.15, -0.1) is 0 Å². The van der Waals surface area contributed by atoms with Gasteiger partial charge in [0.15, 0.2) is 0 Å². The molecule has 0 saturated carbocycles. The molecule has 1 saturated heterocycles. The monoisotopic (exact) mass is 426 g/mol. The van der Waals surface area contributed by atoms with Crippen LogP contribution < -0.4 is 0 Å². The van der Waals surface area contributed by atoms with E-state index < -0.39 is 0 Å². The molecule has 3 nitrogen and oxygen atoms in total. The minimum Gasteiger partial charge on any atom is -0.340 e.